The van der Waals surface area contributed by atoms with Crippen molar-refractivity contribution in [1.82, 2.24) is 0 Å². The molecular weight excluding hydrogens is 188 g/mol. The molecule has 0 heterocycles. The molecule has 0 saturated heterocycles. The molecule has 3 N–H and O–H groups in total. The Bertz CT molecular complexity index is 266. The van der Waals surface area contributed by atoms with Crippen molar-refractivity contribution in [3.8, 4) is 17.2 Å². The fourth-order valence-electron chi connectivity index (χ4n) is 0.885. The highest BCUT2D eigenvalue weighted by Crippen LogP contribution is 2.25. The first-order valence-corrected chi connectivity index (χ1v) is 4.07. The van der Waals surface area contributed by atoms with E-state index in [0.717, 1.165) is 0 Å². The minimum atomic E-state index is -0.0813. The normalized spacial score (nSPS) is 10.1. The number of hydrogen-bond acceptors (Lipinski definition) is 5. The van der Waals surface area contributed by atoms with Crippen LogP contribution < -0.4 is 4.74 Å². The van der Waals surface area contributed by atoms with E-state index in [-0.39, 0.29) is 31.5 Å². The van der Waals surface area contributed by atoms with Crippen LogP contribution in [0, 0.1) is 0 Å². The summed E-state index contributed by atoms with van der Waals surface area (Å²) >= 11 is 0. The number of phenolic OH excluding ortho intramolecular Hbond substituents is 2. The van der Waals surface area contributed by atoms with Crippen LogP contribution >= 0.6 is 0 Å². The first-order chi connectivity index (χ1) is 6.72. The van der Waals surface area contributed by atoms with Gasteiger partial charge in [-0.15, -0.1) is 0 Å². The van der Waals surface area contributed by atoms with Crippen LogP contribution in [0.15, 0.2) is 18.2 Å². The molecule has 0 aliphatic carbocycles. The monoisotopic (exact) mass is 200 g/mol. The van der Waals surface area contributed by atoms with Crippen LogP contribution in [0.3, 0.4) is 0 Å². The van der Waals surface area contributed by atoms with Gasteiger partial charge >= 0.3 is 0 Å². The van der Waals surface area contributed by atoms with Gasteiger partial charge in [0, 0.05) is 18.2 Å². The average molecular weight is 200 g/mol. The molecule has 5 heteroatoms. The summed E-state index contributed by atoms with van der Waals surface area (Å²) in [6, 6.07) is 3.89. The van der Waals surface area contributed by atoms with Crippen LogP contribution in [0.25, 0.3) is 0 Å². The molecule has 78 valence electrons. The summed E-state index contributed by atoms with van der Waals surface area (Å²) in [5, 5.41) is 26.5. The molecule has 0 atom stereocenters. The van der Waals surface area contributed by atoms with E-state index in [9.17, 15) is 0 Å². The highest BCUT2D eigenvalue weighted by atomic mass is 16.7. The average Bonchev–Trinajstić information content (AvgIpc) is 2.11. The van der Waals surface area contributed by atoms with Gasteiger partial charge in [-0.3, -0.25) is 0 Å². The Hall–Kier alpha value is -1.46. The molecule has 14 heavy (non-hydrogen) atoms. The van der Waals surface area contributed by atoms with E-state index in [2.05, 4.69) is 0 Å². The van der Waals surface area contributed by atoms with E-state index < -0.39 is 0 Å². The molecule has 5 nitrogen and oxygen atoms in total. The van der Waals surface area contributed by atoms with Crippen LogP contribution in [0.2, 0.25) is 0 Å². The Labute approximate surface area is 81.1 Å². The maximum Gasteiger partial charge on any atom is 0.189 e. The maximum atomic E-state index is 9.08. The van der Waals surface area contributed by atoms with E-state index in [1.54, 1.807) is 0 Å². The molecule has 0 aliphatic rings. The van der Waals surface area contributed by atoms with Gasteiger partial charge in [0.15, 0.2) is 6.79 Å². The number of hydrogen-bond donors (Lipinski definition) is 3. The molecule has 1 aromatic carbocycles. The third kappa shape index (κ3) is 3.51. The summed E-state index contributed by atoms with van der Waals surface area (Å²) in [6.45, 7) is 0.0723. The number of phenols is 2. The number of benzene rings is 1. The van der Waals surface area contributed by atoms with Crippen molar-refractivity contribution in [2.24, 2.45) is 0 Å². The minimum absolute atomic E-state index is 0.0382. The lowest BCUT2D eigenvalue weighted by atomic mass is 10.3. The standard InChI is InChI=1S/C9H12O5/c10-1-2-13-6-14-9-4-7(11)3-8(12)5-9/h3-5,10-12H,1-2,6H2. The Balaban J connectivity index is 2.42. The van der Waals surface area contributed by atoms with Crippen molar-refractivity contribution in [2.45, 2.75) is 0 Å². The fraction of sp³-hybridized carbons (Fsp3) is 0.333. The van der Waals surface area contributed by atoms with E-state index in [1.807, 2.05) is 0 Å². The largest absolute Gasteiger partial charge is 0.508 e. The van der Waals surface area contributed by atoms with Gasteiger partial charge in [0.05, 0.1) is 13.2 Å². The number of aliphatic hydroxyl groups is 1. The molecule has 0 bridgehead atoms. The van der Waals surface area contributed by atoms with Gasteiger partial charge in [0.1, 0.15) is 17.2 Å². The van der Waals surface area contributed by atoms with Gasteiger partial charge in [-0.25, -0.2) is 0 Å². The zero-order valence-corrected chi connectivity index (χ0v) is 7.51. The van der Waals surface area contributed by atoms with Crippen molar-refractivity contribution in [1.29, 1.82) is 0 Å². The summed E-state index contributed by atoms with van der Waals surface area (Å²) < 4.78 is 9.85. The molecule has 0 unspecified atom stereocenters. The SMILES string of the molecule is OCCOCOc1cc(O)cc(O)c1. The topological polar surface area (TPSA) is 79.2 Å². The number of aliphatic hydroxyl groups excluding tert-OH is 1. The van der Waals surface area contributed by atoms with Crippen molar-refractivity contribution < 1.29 is 24.8 Å². The summed E-state index contributed by atoms with van der Waals surface area (Å²) in [4.78, 5) is 0. The lowest BCUT2D eigenvalue weighted by molar-refractivity contribution is -0.00118. The maximum absolute atomic E-state index is 9.08. The highest BCUT2D eigenvalue weighted by Gasteiger charge is 1.99. The van der Waals surface area contributed by atoms with Gasteiger partial charge < -0.3 is 24.8 Å². The van der Waals surface area contributed by atoms with Crippen LogP contribution in [0.5, 0.6) is 17.2 Å². The quantitative estimate of drug-likeness (QED) is 0.475. The molecule has 0 aliphatic heterocycles. The Kier molecular flexibility index (Phi) is 4.03. The molecular formula is C9H12O5. The van der Waals surface area contributed by atoms with E-state index in [1.165, 1.54) is 18.2 Å². The second-order valence-corrected chi connectivity index (χ2v) is 2.58. The van der Waals surface area contributed by atoms with Gasteiger partial charge in [-0.05, 0) is 0 Å². The van der Waals surface area contributed by atoms with Gasteiger partial charge in [-0.1, -0.05) is 0 Å². The van der Waals surface area contributed by atoms with Crippen LogP contribution in [0.4, 0.5) is 0 Å². The zero-order chi connectivity index (χ0) is 10.4. The first-order valence-electron chi connectivity index (χ1n) is 4.07. The highest BCUT2D eigenvalue weighted by molar-refractivity contribution is 5.40. The molecule has 0 radical (unpaired) electrons. The third-order valence-electron chi connectivity index (χ3n) is 1.42. The predicted octanol–water partition coefficient (Wildman–Crippen LogP) is 0.443. The fourth-order valence-corrected chi connectivity index (χ4v) is 0.885. The van der Waals surface area contributed by atoms with Crippen LogP contribution in [-0.2, 0) is 4.74 Å². The Morgan fingerprint density at radius 1 is 1.07 bits per heavy atom. The van der Waals surface area contributed by atoms with Crippen molar-refractivity contribution in [2.75, 3.05) is 20.0 Å². The van der Waals surface area contributed by atoms with E-state index in [4.69, 9.17) is 24.8 Å². The third-order valence-corrected chi connectivity index (χ3v) is 1.42. The summed E-state index contributed by atoms with van der Waals surface area (Å²) in [7, 11) is 0. The molecule has 0 aromatic heterocycles. The summed E-state index contributed by atoms with van der Waals surface area (Å²) in [5.74, 6) is 0.143. The zero-order valence-electron chi connectivity index (χ0n) is 7.51. The van der Waals surface area contributed by atoms with Crippen LogP contribution in [0.1, 0.15) is 0 Å². The summed E-state index contributed by atoms with van der Waals surface area (Å²) in [5.41, 5.74) is 0. The second kappa shape index (κ2) is 5.31. The smallest absolute Gasteiger partial charge is 0.189 e. The van der Waals surface area contributed by atoms with E-state index in [0.29, 0.717) is 5.75 Å². The molecule has 0 fully saturated rings. The molecule has 0 saturated carbocycles. The Morgan fingerprint density at radius 2 is 1.71 bits per heavy atom. The Morgan fingerprint density at radius 3 is 2.29 bits per heavy atom. The van der Waals surface area contributed by atoms with Gasteiger partial charge in [-0.2, -0.15) is 0 Å². The molecule has 1 aromatic rings. The number of ether oxygens (including phenoxy) is 2. The molecule has 0 amide bonds. The first kappa shape index (κ1) is 10.6. The van der Waals surface area contributed by atoms with E-state index >= 15 is 0 Å². The number of rotatable bonds is 5. The molecule has 0 spiro atoms. The van der Waals surface area contributed by atoms with Gasteiger partial charge in [0.25, 0.3) is 0 Å². The van der Waals surface area contributed by atoms with Crippen molar-refractivity contribution in [3.05, 3.63) is 18.2 Å². The van der Waals surface area contributed by atoms with Gasteiger partial charge in [0.2, 0.25) is 0 Å². The number of aromatic hydroxyl groups is 2. The minimum Gasteiger partial charge on any atom is -0.508 e. The van der Waals surface area contributed by atoms with Crippen LogP contribution in [-0.4, -0.2) is 35.3 Å². The second-order valence-electron chi connectivity index (χ2n) is 2.58. The predicted molar refractivity (Wildman–Crippen MR) is 48.3 cm³/mol. The lowest BCUT2D eigenvalue weighted by Gasteiger charge is -2.06. The molecule has 1 rings (SSSR count). The lowest BCUT2D eigenvalue weighted by Crippen LogP contribution is -2.06. The van der Waals surface area contributed by atoms with Crippen molar-refractivity contribution in [3.63, 3.8) is 0 Å². The van der Waals surface area contributed by atoms with Crippen molar-refractivity contribution >= 4 is 0 Å². The summed E-state index contributed by atoms with van der Waals surface area (Å²) in [6.07, 6.45) is 0.